The van der Waals surface area contributed by atoms with E-state index in [0.29, 0.717) is 12.2 Å². The van der Waals surface area contributed by atoms with Crippen molar-refractivity contribution in [1.29, 1.82) is 0 Å². The molecule has 0 spiro atoms. The zero-order valence-electron chi connectivity index (χ0n) is 16.9. The minimum atomic E-state index is -0.356. The molecule has 3 rings (SSSR count). The molecule has 154 valence electrons. The minimum absolute atomic E-state index is 0.197. The van der Waals surface area contributed by atoms with E-state index in [0.717, 1.165) is 38.5 Å². The number of nitrogens with one attached hydrogen (secondary N) is 2. The van der Waals surface area contributed by atoms with E-state index < -0.39 is 0 Å². The number of anilines is 2. The molecule has 29 heavy (non-hydrogen) atoms. The van der Waals surface area contributed by atoms with E-state index in [4.69, 9.17) is 4.74 Å². The van der Waals surface area contributed by atoms with Gasteiger partial charge in [-0.2, -0.15) is 0 Å². The second-order valence-corrected chi connectivity index (χ2v) is 7.01. The fourth-order valence-corrected chi connectivity index (χ4v) is 2.97. The fraction of sp³-hybridized carbons (Fsp3) is 0.381. The lowest BCUT2D eigenvalue weighted by atomic mass is 10.2. The summed E-state index contributed by atoms with van der Waals surface area (Å²) in [4.78, 5) is 33.3. The minimum Gasteiger partial charge on any atom is -0.379 e. The number of amides is 2. The number of morpholine rings is 1. The van der Waals surface area contributed by atoms with Crippen LogP contribution in [0.1, 0.15) is 21.0 Å². The van der Waals surface area contributed by atoms with Gasteiger partial charge in [-0.1, -0.05) is 6.07 Å². The second-order valence-electron chi connectivity index (χ2n) is 7.01. The van der Waals surface area contributed by atoms with Crippen LogP contribution < -0.4 is 15.5 Å². The molecule has 0 aliphatic carbocycles. The average molecular weight is 397 g/mol. The van der Waals surface area contributed by atoms with E-state index in [-0.39, 0.29) is 23.2 Å². The van der Waals surface area contributed by atoms with Crippen molar-refractivity contribution >= 4 is 23.2 Å². The third-order valence-electron chi connectivity index (χ3n) is 4.67. The quantitative estimate of drug-likeness (QED) is 0.736. The van der Waals surface area contributed by atoms with Crippen molar-refractivity contribution in [2.75, 3.05) is 63.7 Å². The summed E-state index contributed by atoms with van der Waals surface area (Å²) in [6, 6.07) is 12.3. The van der Waals surface area contributed by atoms with Gasteiger partial charge in [-0.05, 0) is 36.4 Å². The molecule has 0 radical (unpaired) electrons. The Balaban J connectivity index is 1.54. The summed E-state index contributed by atoms with van der Waals surface area (Å²) in [5.74, 6) is -0.645. The zero-order chi connectivity index (χ0) is 20.6. The number of carbonyl (C=O) groups excluding carboxylic acids is 2. The third-order valence-corrected chi connectivity index (χ3v) is 4.67. The van der Waals surface area contributed by atoms with Gasteiger partial charge in [0.25, 0.3) is 11.8 Å². The van der Waals surface area contributed by atoms with Crippen molar-refractivity contribution < 1.29 is 14.3 Å². The molecule has 2 heterocycles. The highest BCUT2D eigenvalue weighted by Gasteiger charge is 2.14. The number of aromatic nitrogens is 1. The zero-order valence-corrected chi connectivity index (χ0v) is 16.9. The maximum absolute atomic E-state index is 12.5. The van der Waals surface area contributed by atoms with Gasteiger partial charge in [0.2, 0.25) is 0 Å². The fourth-order valence-electron chi connectivity index (χ4n) is 2.97. The molecule has 2 amide bonds. The number of pyridine rings is 1. The molecule has 1 saturated heterocycles. The van der Waals surface area contributed by atoms with Crippen LogP contribution in [0.5, 0.6) is 0 Å². The van der Waals surface area contributed by atoms with Crippen LogP contribution in [0.25, 0.3) is 0 Å². The Bertz CT molecular complexity index is 832. The first-order chi connectivity index (χ1) is 14.0. The summed E-state index contributed by atoms with van der Waals surface area (Å²) >= 11 is 0. The number of benzene rings is 1. The first kappa shape index (κ1) is 20.8. The van der Waals surface area contributed by atoms with Crippen LogP contribution in [-0.4, -0.2) is 75.2 Å². The third kappa shape index (κ3) is 6.00. The van der Waals surface area contributed by atoms with Gasteiger partial charge in [-0.3, -0.25) is 14.5 Å². The molecule has 0 unspecified atom stereocenters. The van der Waals surface area contributed by atoms with Gasteiger partial charge in [-0.25, -0.2) is 4.98 Å². The van der Waals surface area contributed by atoms with E-state index in [9.17, 15) is 9.59 Å². The maximum atomic E-state index is 12.5. The van der Waals surface area contributed by atoms with Crippen molar-refractivity contribution in [2.45, 2.75) is 0 Å². The van der Waals surface area contributed by atoms with Gasteiger partial charge < -0.3 is 20.3 Å². The van der Waals surface area contributed by atoms with Gasteiger partial charge in [0.05, 0.1) is 13.2 Å². The normalized spacial score (nSPS) is 14.3. The first-order valence-electron chi connectivity index (χ1n) is 9.67. The van der Waals surface area contributed by atoms with Crippen LogP contribution in [0.4, 0.5) is 11.4 Å². The molecule has 2 N–H and O–H groups in total. The van der Waals surface area contributed by atoms with Crippen LogP contribution in [-0.2, 0) is 4.74 Å². The highest BCUT2D eigenvalue weighted by molar-refractivity contribution is 6.03. The van der Waals surface area contributed by atoms with Gasteiger partial charge in [0.15, 0.2) is 0 Å². The maximum Gasteiger partial charge on any atom is 0.274 e. The van der Waals surface area contributed by atoms with Crippen molar-refractivity contribution in [3.05, 3.63) is 53.9 Å². The molecule has 1 aliphatic heterocycles. The van der Waals surface area contributed by atoms with Crippen LogP contribution in [0.3, 0.4) is 0 Å². The van der Waals surface area contributed by atoms with Crippen molar-refractivity contribution in [3.63, 3.8) is 0 Å². The van der Waals surface area contributed by atoms with Crippen LogP contribution in [0, 0.1) is 0 Å². The van der Waals surface area contributed by atoms with Gasteiger partial charge in [0.1, 0.15) is 11.4 Å². The molecular weight excluding hydrogens is 370 g/mol. The van der Waals surface area contributed by atoms with Crippen LogP contribution in [0.15, 0.2) is 42.5 Å². The van der Waals surface area contributed by atoms with E-state index in [1.165, 1.54) is 0 Å². The van der Waals surface area contributed by atoms with E-state index >= 15 is 0 Å². The first-order valence-corrected chi connectivity index (χ1v) is 9.67. The molecule has 1 aromatic carbocycles. The predicted octanol–water partition coefficient (Wildman–Crippen LogP) is 1.46. The summed E-state index contributed by atoms with van der Waals surface area (Å²) in [5.41, 5.74) is 2.13. The largest absolute Gasteiger partial charge is 0.379 e. The van der Waals surface area contributed by atoms with Gasteiger partial charge in [-0.15, -0.1) is 0 Å². The molecule has 8 nitrogen and oxygen atoms in total. The number of nitrogens with zero attached hydrogens (tertiary/aromatic N) is 3. The number of carbonyl (C=O) groups is 2. The average Bonchev–Trinajstić information content (AvgIpc) is 2.75. The molecular formula is C21H27N5O3. The van der Waals surface area contributed by atoms with Crippen molar-refractivity contribution in [2.24, 2.45) is 0 Å². The molecule has 1 fully saturated rings. The lowest BCUT2D eigenvalue weighted by molar-refractivity contribution is 0.0383. The standard InChI is InChI=1S/C21H27N5O3/c1-25(2)17-8-6-16(7-9-17)23-21(28)19-5-3-4-18(24-19)20(27)22-10-11-26-12-14-29-15-13-26/h3-9H,10-15H2,1-2H3,(H,22,27)(H,23,28). The second kappa shape index (κ2) is 9.99. The van der Waals surface area contributed by atoms with E-state index in [1.54, 1.807) is 18.2 Å². The molecule has 1 aromatic heterocycles. The molecule has 0 atom stereocenters. The Hall–Kier alpha value is -2.97. The van der Waals surface area contributed by atoms with Gasteiger partial charge >= 0.3 is 0 Å². The molecule has 0 saturated carbocycles. The summed E-state index contributed by atoms with van der Waals surface area (Å²) in [6.45, 7) is 4.49. The summed E-state index contributed by atoms with van der Waals surface area (Å²) in [6.07, 6.45) is 0. The van der Waals surface area contributed by atoms with Crippen LogP contribution >= 0.6 is 0 Å². The lowest BCUT2D eigenvalue weighted by Crippen LogP contribution is -2.41. The summed E-state index contributed by atoms with van der Waals surface area (Å²) in [7, 11) is 3.91. The van der Waals surface area contributed by atoms with Crippen LogP contribution in [0.2, 0.25) is 0 Å². The number of hydrogen-bond acceptors (Lipinski definition) is 6. The summed E-state index contributed by atoms with van der Waals surface area (Å²) < 4.78 is 5.31. The molecule has 8 heteroatoms. The smallest absolute Gasteiger partial charge is 0.274 e. The Morgan fingerprint density at radius 1 is 1.03 bits per heavy atom. The van der Waals surface area contributed by atoms with E-state index in [2.05, 4.69) is 20.5 Å². The Morgan fingerprint density at radius 3 is 2.34 bits per heavy atom. The Morgan fingerprint density at radius 2 is 1.69 bits per heavy atom. The van der Waals surface area contributed by atoms with Crippen molar-refractivity contribution in [3.8, 4) is 0 Å². The number of rotatable bonds is 7. The molecule has 2 aromatic rings. The highest BCUT2D eigenvalue weighted by Crippen LogP contribution is 2.16. The monoisotopic (exact) mass is 397 g/mol. The number of ether oxygens (including phenoxy) is 1. The topological polar surface area (TPSA) is 86.8 Å². The van der Waals surface area contributed by atoms with Gasteiger partial charge in [0, 0.05) is 51.6 Å². The lowest BCUT2D eigenvalue weighted by Gasteiger charge is -2.26. The Kier molecular flexibility index (Phi) is 7.15. The van der Waals surface area contributed by atoms with Crippen molar-refractivity contribution in [1.82, 2.24) is 15.2 Å². The molecule has 0 bridgehead atoms. The SMILES string of the molecule is CN(C)c1ccc(NC(=O)c2cccc(C(=O)NCCN3CCOCC3)n2)cc1. The number of hydrogen-bond donors (Lipinski definition) is 2. The van der Waals surface area contributed by atoms with E-state index in [1.807, 2.05) is 43.3 Å². The molecule has 1 aliphatic rings. The Labute approximate surface area is 170 Å². The summed E-state index contributed by atoms with van der Waals surface area (Å²) in [5, 5.41) is 5.67. The highest BCUT2D eigenvalue weighted by atomic mass is 16.5. The predicted molar refractivity (Wildman–Crippen MR) is 113 cm³/mol.